The predicted octanol–water partition coefficient (Wildman–Crippen LogP) is 1.81. The average Bonchev–Trinajstić information content (AvgIpc) is 3.31. The molecule has 10 nitrogen and oxygen atoms in total. The fourth-order valence-corrected chi connectivity index (χ4v) is 5.08. The molecule has 186 valence electrons. The van der Waals surface area contributed by atoms with Crippen LogP contribution in [0.4, 0.5) is 5.82 Å². The minimum atomic E-state index is -3.54. The lowest BCUT2D eigenvalue weighted by Gasteiger charge is -2.36. The lowest BCUT2D eigenvalue weighted by Crippen LogP contribution is -2.49. The smallest absolute Gasteiger partial charge is 0.245 e. The number of aryl methyl sites for hydroxylation is 1. The molecule has 1 fully saturated rings. The summed E-state index contributed by atoms with van der Waals surface area (Å²) in [5.41, 5.74) is 2.76. The van der Waals surface area contributed by atoms with Crippen molar-refractivity contribution in [1.82, 2.24) is 29.0 Å². The highest BCUT2D eigenvalue weighted by Crippen LogP contribution is 2.27. The quantitative estimate of drug-likeness (QED) is 0.445. The van der Waals surface area contributed by atoms with Gasteiger partial charge in [0.15, 0.2) is 5.82 Å². The standard InChI is InChI=1S/C23H28N8O2S.ClH/c1-28-18-21(17-27-28)34(32,33)29(2)11-12-30-13-15-31(16-14-30)23-22(25-9-10-26-23)20-5-3-19(4-6-20)7-8-24;/h3-6,9-10,17-18H,7,11-16H2,1-2H3;1H. The second-order valence-corrected chi connectivity index (χ2v) is 10.3. The summed E-state index contributed by atoms with van der Waals surface area (Å²) in [6.45, 7) is 4.21. The number of piperazine rings is 1. The third-order valence-corrected chi connectivity index (χ3v) is 7.79. The van der Waals surface area contributed by atoms with Gasteiger partial charge in [-0.15, -0.1) is 12.4 Å². The van der Waals surface area contributed by atoms with Gasteiger partial charge >= 0.3 is 0 Å². The van der Waals surface area contributed by atoms with Crippen molar-refractivity contribution in [3.63, 3.8) is 0 Å². The second-order valence-electron chi connectivity index (χ2n) is 8.27. The highest BCUT2D eigenvalue weighted by Gasteiger charge is 2.25. The van der Waals surface area contributed by atoms with Gasteiger partial charge in [0.05, 0.1) is 18.7 Å². The molecule has 0 unspecified atom stereocenters. The summed E-state index contributed by atoms with van der Waals surface area (Å²) in [4.78, 5) is 13.9. The zero-order chi connectivity index (χ0) is 24.1. The minimum absolute atomic E-state index is 0. The van der Waals surface area contributed by atoms with Crippen LogP contribution < -0.4 is 4.90 Å². The van der Waals surface area contributed by atoms with Crippen LogP contribution >= 0.6 is 12.4 Å². The number of sulfonamides is 1. The van der Waals surface area contributed by atoms with Crippen molar-refractivity contribution in [3.05, 3.63) is 54.6 Å². The maximum Gasteiger partial charge on any atom is 0.245 e. The Bertz CT molecular complexity index is 1270. The summed E-state index contributed by atoms with van der Waals surface area (Å²) < 4.78 is 28.3. The fourth-order valence-electron chi connectivity index (χ4n) is 3.94. The zero-order valence-electron chi connectivity index (χ0n) is 19.8. The SMILES string of the molecule is CN(CCN1CCN(c2nccnc2-c2ccc(CC#N)cc2)CC1)S(=O)(=O)c1cnn(C)c1.Cl. The van der Waals surface area contributed by atoms with E-state index >= 15 is 0 Å². The topological polar surface area (TPSA) is 111 Å². The molecule has 2 aromatic heterocycles. The van der Waals surface area contributed by atoms with Crippen LogP contribution in [-0.2, 0) is 23.5 Å². The lowest BCUT2D eigenvalue weighted by molar-refractivity contribution is 0.243. The number of hydrogen-bond donors (Lipinski definition) is 0. The summed E-state index contributed by atoms with van der Waals surface area (Å²) in [5, 5.41) is 12.8. The summed E-state index contributed by atoms with van der Waals surface area (Å²) in [6.07, 6.45) is 6.67. The molecule has 0 atom stereocenters. The summed E-state index contributed by atoms with van der Waals surface area (Å²) in [5.74, 6) is 0.839. The first kappa shape index (κ1) is 26.6. The molecule has 35 heavy (non-hydrogen) atoms. The molecule has 1 aliphatic heterocycles. The van der Waals surface area contributed by atoms with Crippen LogP contribution in [0.5, 0.6) is 0 Å². The van der Waals surface area contributed by atoms with Crippen molar-refractivity contribution in [3.8, 4) is 17.3 Å². The molecule has 3 aromatic rings. The molecule has 0 radical (unpaired) electrons. The van der Waals surface area contributed by atoms with Crippen LogP contribution in [0.2, 0.25) is 0 Å². The van der Waals surface area contributed by atoms with Crippen molar-refractivity contribution >= 4 is 28.2 Å². The first-order valence-corrected chi connectivity index (χ1v) is 12.5. The molecule has 0 bridgehead atoms. The Morgan fingerprint density at radius 1 is 1.09 bits per heavy atom. The second kappa shape index (κ2) is 11.6. The van der Waals surface area contributed by atoms with Crippen LogP contribution in [0, 0.1) is 11.3 Å². The third-order valence-electron chi connectivity index (χ3n) is 5.98. The molecular formula is C23H29ClN8O2S. The van der Waals surface area contributed by atoms with Gasteiger partial charge in [0.2, 0.25) is 10.0 Å². The molecular weight excluding hydrogens is 488 g/mol. The first-order chi connectivity index (χ1) is 16.4. The summed E-state index contributed by atoms with van der Waals surface area (Å²) in [7, 11) is -0.236. The Kier molecular flexibility index (Phi) is 8.80. The van der Waals surface area contributed by atoms with Gasteiger partial charge in [0.1, 0.15) is 10.6 Å². The maximum atomic E-state index is 12.7. The largest absolute Gasteiger partial charge is 0.352 e. The van der Waals surface area contributed by atoms with Gasteiger partial charge in [-0.25, -0.2) is 13.4 Å². The molecule has 1 aliphatic rings. The highest BCUT2D eigenvalue weighted by atomic mass is 35.5. The number of halogens is 1. The third kappa shape index (κ3) is 6.15. The van der Waals surface area contributed by atoms with Crippen LogP contribution in [-0.4, -0.2) is 83.7 Å². The van der Waals surface area contributed by atoms with E-state index in [1.807, 2.05) is 24.3 Å². The normalized spacial score (nSPS) is 14.5. The molecule has 0 N–H and O–H groups in total. The number of benzene rings is 1. The number of nitriles is 1. The number of nitrogens with zero attached hydrogens (tertiary/aromatic N) is 8. The number of rotatable bonds is 8. The number of likely N-dealkylation sites (N-methyl/N-ethyl adjacent to an activating group) is 1. The maximum absolute atomic E-state index is 12.7. The summed E-state index contributed by atoms with van der Waals surface area (Å²) in [6, 6.07) is 10.0. The van der Waals surface area contributed by atoms with Crippen LogP contribution in [0.3, 0.4) is 0 Å². The Labute approximate surface area is 212 Å². The molecule has 4 rings (SSSR count). The van der Waals surface area contributed by atoms with Crippen molar-refractivity contribution < 1.29 is 8.42 Å². The van der Waals surface area contributed by atoms with Gasteiger partial charge in [-0.3, -0.25) is 14.6 Å². The number of hydrogen-bond acceptors (Lipinski definition) is 8. The van der Waals surface area contributed by atoms with Crippen LogP contribution in [0.15, 0.2) is 53.9 Å². The van der Waals surface area contributed by atoms with Crippen molar-refractivity contribution in [2.45, 2.75) is 11.3 Å². The average molecular weight is 517 g/mol. The van der Waals surface area contributed by atoms with E-state index in [-0.39, 0.29) is 17.3 Å². The molecule has 0 amide bonds. The minimum Gasteiger partial charge on any atom is -0.352 e. The van der Waals surface area contributed by atoms with E-state index < -0.39 is 10.0 Å². The molecule has 12 heteroatoms. The van der Waals surface area contributed by atoms with Gasteiger partial charge in [-0.05, 0) is 5.56 Å². The van der Waals surface area contributed by atoms with Crippen LogP contribution in [0.1, 0.15) is 5.56 Å². The van der Waals surface area contributed by atoms with Gasteiger partial charge in [0, 0.05) is 77.5 Å². The molecule has 3 heterocycles. The first-order valence-electron chi connectivity index (χ1n) is 11.1. The molecule has 0 aliphatic carbocycles. The molecule has 1 saturated heterocycles. The lowest BCUT2D eigenvalue weighted by atomic mass is 10.1. The van der Waals surface area contributed by atoms with E-state index in [0.717, 1.165) is 48.8 Å². The number of aromatic nitrogens is 4. The van der Waals surface area contributed by atoms with Crippen molar-refractivity contribution in [2.75, 3.05) is 51.2 Å². The Morgan fingerprint density at radius 3 is 2.40 bits per heavy atom. The predicted molar refractivity (Wildman–Crippen MR) is 136 cm³/mol. The zero-order valence-corrected chi connectivity index (χ0v) is 21.4. The Hall–Kier alpha value is -3.04. The van der Waals surface area contributed by atoms with E-state index in [9.17, 15) is 8.42 Å². The van der Waals surface area contributed by atoms with Crippen molar-refractivity contribution in [2.24, 2.45) is 7.05 Å². The highest BCUT2D eigenvalue weighted by molar-refractivity contribution is 7.89. The monoisotopic (exact) mass is 516 g/mol. The van der Waals surface area contributed by atoms with E-state index in [2.05, 4.69) is 30.9 Å². The Morgan fingerprint density at radius 2 is 1.77 bits per heavy atom. The van der Waals surface area contributed by atoms with Crippen LogP contribution in [0.25, 0.3) is 11.3 Å². The van der Waals surface area contributed by atoms with Gasteiger partial charge in [0.25, 0.3) is 0 Å². The Balaban J connectivity index is 0.00000342. The van der Waals surface area contributed by atoms with Gasteiger partial charge in [-0.2, -0.15) is 14.7 Å². The van der Waals surface area contributed by atoms with E-state index in [0.29, 0.717) is 19.5 Å². The molecule has 1 aromatic carbocycles. The van der Waals surface area contributed by atoms with Gasteiger partial charge in [-0.1, -0.05) is 24.3 Å². The van der Waals surface area contributed by atoms with E-state index in [1.165, 1.54) is 21.4 Å². The summed E-state index contributed by atoms with van der Waals surface area (Å²) >= 11 is 0. The molecule has 0 spiro atoms. The molecule has 0 saturated carbocycles. The fraction of sp³-hybridized carbons (Fsp3) is 0.391. The van der Waals surface area contributed by atoms with Gasteiger partial charge < -0.3 is 4.90 Å². The number of anilines is 1. The van der Waals surface area contributed by atoms with Crippen molar-refractivity contribution in [1.29, 1.82) is 5.26 Å². The van der Waals surface area contributed by atoms with E-state index in [4.69, 9.17) is 5.26 Å². The van der Waals surface area contributed by atoms with E-state index in [1.54, 1.807) is 26.5 Å².